The van der Waals surface area contributed by atoms with Crippen LogP contribution in [0.4, 0.5) is 10.1 Å². The largest absolute Gasteiger partial charge is 0.441 e. The van der Waals surface area contributed by atoms with Crippen molar-refractivity contribution in [3.63, 3.8) is 0 Å². The van der Waals surface area contributed by atoms with Gasteiger partial charge in [0.1, 0.15) is 5.82 Å². The molecule has 1 heterocycles. The van der Waals surface area contributed by atoms with Crippen molar-refractivity contribution in [2.24, 2.45) is 0 Å². The minimum Gasteiger partial charge on any atom is -0.441 e. The molecule has 1 N–H and O–H groups in total. The van der Waals surface area contributed by atoms with Crippen molar-refractivity contribution in [2.75, 3.05) is 5.32 Å². The number of anilines is 1. The predicted octanol–water partition coefficient (Wildman–Crippen LogP) is 4.97. The van der Waals surface area contributed by atoms with E-state index in [-0.39, 0.29) is 18.1 Å². The fraction of sp³-hybridized carbons (Fsp3) is 0.158. The highest BCUT2D eigenvalue weighted by Crippen LogP contribution is 2.23. The Bertz CT molecular complexity index is 908. The van der Waals surface area contributed by atoms with Crippen LogP contribution in [0.1, 0.15) is 17.9 Å². The maximum absolute atomic E-state index is 13.7. The lowest BCUT2D eigenvalue weighted by atomic mass is 10.2. The third kappa shape index (κ3) is 4.45. The first kappa shape index (κ1) is 17.6. The monoisotopic (exact) mass is 450 g/mol. The summed E-state index contributed by atoms with van der Waals surface area (Å²) in [6, 6.07) is 12.1. The van der Waals surface area contributed by atoms with Gasteiger partial charge in [0.25, 0.3) is 0 Å². The van der Waals surface area contributed by atoms with Crippen molar-refractivity contribution in [3.05, 3.63) is 69.5 Å². The summed E-state index contributed by atoms with van der Waals surface area (Å²) in [6.07, 6.45) is 2.07. The van der Waals surface area contributed by atoms with Gasteiger partial charge in [-0.3, -0.25) is 4.79 Å². The predicted molar refractivity (Wildman–Crippen MR) is 103 cm³/mol. The molecule has 25 heavy (non-hydrogen) atoms. The number of aryl methyl sites for hydroxylation is 2. The first-order valence-corrected chi connectivity index (χ1v) is 8.86. The van der Waals surface area contributed by atoms with E-state index < -0.39 is 0 Å². The fourth-order valence-corrected chi connectivity index (χ4v) is 2.84. The zero-order chi connectivity index (χ0) is 17.8. The highest BCUT2D eigenvalue weighted by Gasteiger charge is 2.12. The molecule has 4 nitrogen and oxygen atoms in total. The second-order valence-corrected chi connectivity index (χ2v) is 6.77. The van der Waals surface area contributed by atoms with Crippen molar-refractivity contribution in [1.29, 1.82) is 0 Å². The quantitative estimate of drug-likeness (QED) is 0.559. The summed E-state index contributed by atoms with van der Waals surface area (Å²) in [5, 5.41) is 2.85. The number of nitrogens with one attached hydrogen (secondary N) is 1. The summed E-state index contributed by atoms with van der Waals surface area (Å²) < 4.78 is 20.4. The van der Waals surface area contributed by atoms with E-state index in [2.05, 4.69) is 32.9 Å². The lowest BCUT2D eigenvalue weighted by molar-refractivity contribution is -0.116. The van der Waals surface area contributed by atoms with Crippen LogP contribution < -0.4 is 5.32 Å². The number of hydrogen-bond acceptors (Lipinski definition) is 3. The van der Waals surface area contributed by atoms with Crippen LogP contribution in [0.25, 0.3) is 11.3 Å². The summed E-state index contributed by atoms with van der Waals surface area (Å²) in [6.45, 7) is 2.02. The standard InChI is InChI=1S/C19H16FIN2O2/c1-12-6-7-13(10-16(12)21)23-18(24)8-9-19-22-11-17(25-19)14-4-2-3-5-15(14)20/h2-7,10-11H,8-9H2,1H3,(H,23,24). The molecule has 0 radical (unpaired) electrons. The molecule has 0 spiro atoms. The number of halogens is 2. The number of aromatic nitrogens is 1. The van der Waals surface area contributed by atoms with Crippen LogP contribution in [0, 0.1) is 16.3 Å². The van der Waals surface area contributed by atoms with E-state index in [9.17, 15) is 9.18 Å². The van der Waals surface area contributed by atoms with Gasteiger partial charge < -0.3 is 9.73 Å². The third-order valence-corrected chi connectivity index (χ3v) is 4.88. The van der Waals surface area contributed by atoms with Crippen LogP contribution >= 0.6 is 22.6 Å². The summed E-state index contributed by atoms with van der Waals surface area (Å²) in [4.78, 5) is 16.2. The number of rotatable bonds is 5. The summed E-state index contributed by atoms with van der Waals surface area (Å²) in [5.41, 5.74) is 2.29. The molecule has 0 saturated heterocycles. The lowest BCUT2D eigenvalue weighted by Gasteiger charge is -2.06. The van der Waals surface area contributed by atoms with Crippen molar-refractivity contribution in [2.45, 2.75) is 19.8 Å². The summed E-state index contributed by atoms with van der Waals surface area (Å²) in [7, 11) is 0. The second-order valence-electron chi connectivity index (χ2n) is 5.61. The maximum atomic E-state index is 13.7. The van der Waals surface area contributed by atoms with Crippen LogP contribution in [-0.2, 0) is 11.2 Å². The Morgan fingerprint density at radius 2 is 2.08 bits per heavy atom. The van der Waals surface area contributed by atoms with Crippen molar-refractivity contribution in [1.82, 2.24) is 4.98 Å². The van der Waals surface area contributed by atoms with Crippen LogP contribution in [0.15, 0.2) is 53.1 Å². The van der Waals surface area contributed by atoms with E-state index in [0.29, 0.717) is 23.6 Å². The van der Waals surface area contributed by atoms with Crippen LogP contribution in [0.5, 0.6) is 0 Å². The molecule has 128 valence electrons. The first-order valence-electron chi connectivity index (χ1n) is 7.78. The van der Waals surface area contributed by atoms with E-state index >= 15 is 0 Å². The normalized spacial score (nSPS) is 10.7. The van der Waals surface area contributed by atoms with Crippen molar-refractivity contribution in [3.8, 4) is 11.3 Å². The summed E-state index contributed by atoms with van der Waals surface area (Å²) >= 11 is 2.23. The Morgan fingerprint density at radius 3 is 2.84 bits per heavy atom. The molecule has 0 aliphatic rings. The molecule has 0 unspecified atom stereocenters. The van der Waals surface area contributed by atoms with Gasteiger partial charge in [0.15, 0.2) is 11.7 Å². The Kier molecular flexibility index (Phi) is 5.47. The number of amides is 1. The van der Waals surface area contributed by atoms with Crippen molar-refractivity contribution >= 4 is 34.2 Å². The number of benzene rings is 2. The molecule has 0 saturated carbocycles. The Labute approximate surface area is 158 Å². The molecule has 1 amide bonds. The zero-order valence-corrected chi connectivity index (χ0v) is 15.7. The fourth-order valence-electron chi connectivity index (χ4n) is 2.33. The minimum atomic E-state index is -0.364. The van der Waals surface area contributed by atoms with Crippen molar-refractivity contribution < 1.29 is 13.6 Å². The van der Waals surface area contributed by atoms with Gasteiger partial charge in [-0.2, -0.15) is 0 Å². The molecule has 0 aliphatic heterocycles. The molecule has 1 aromatic heterocycles. The molecule has 0 aliphatic carbocycles. The van der Waals surface area contributed by atoms with Gasteiger partial charge in [-0.25, -0.2) is 9.37 Å². The van der Waals surface area contributed by atoms with E-state index in [0.717, 1.165) is 9.26 Å². The Balaban J connectivity index is 1.59. The van der Waals surface area contributed by atoms with E-state index in [4.69, 9.17) is 4.42 Å². The second kappa shape index (κ2) is 7.77. The van der Waals surface area contributed by atoms with Crippen LogP contribution in [-0.4, -0.2) is 10.9 Å². The molecule has 0 atom stereocenters. The molecule has 2 aromatic carbocycles. The molecule has 6 heteroatoms. The number of oxazole rings is 1. The molecular weight excluding hydrogens is 434 g/mol. The van der Waals surface area contributed by atoms with E-state index in [1.807, 2.05) is 25.1 Å². The molecule has 3 aromatic rings. The average Bonchev–Trinajstić information content (AvgIpc) is 3.05. The third-order valence-electron chi connectivity index (χ3n) is 3.71. The smallest absolute Gasteiger partial charge is 0.224 e. The minimum absolute atomic E-state index is 0.120. The maximum Gasteiger partial charge on any atom is 0.224 e. The van der Waals surface area contributed by atoms with E-state index in [1.54, 1.807) is 18.2 Å². The van der Waals surface area contributed by atoms with Crippen LogP contribution in [0.2, 0.25) is 0 Å². The van der Waals surface area contributed by atoms with Gasteiger partial charge in [-0.15, -0.1) is 0 Å². The number of hydrogen-bond donors (Lipinski definition) is 1. The summed E-state index contributed by atoms with van der Waals surface area (Å²) in [5.74, 6) is 0.288. The van der Waals surface area contributed by atoms with Crippen LogP contribution in [0.3, 0.4) is 0 Å². The van der Waals surface area contributed by atoms with Gasteiger partial charge in [0.05, 0.1) is 11.8 Å². The molecular formula is C19H16FIN2O2. The van der Waals surface area contributed by atoms with Gasteiger partial charge in [0.2, 0.25) is 5.91 Å². The topological polar surface area (TPSA) is 55.1 Å². The molecule has 3 rings (SSSR count). The zero-order valence-electron chi connectivity index (χ0n) is 13.6. The van der Waals surface area contributed by atoms with Gasteiger partial charge in [0, 0.05) is 22.1 Å². The number of nitrogens with zero attached hydrogens (tertiary/aromatic N) is 1. The van der Waals surface area contributed by atoms with Gasteiger partial charge in [-0.05, 0) is 59.3 Å². The Hall–Kier alpha value is -2.22. The number of carbonyl (C=O) groups excluding carboxylic acids is 1. The van der Waals surface area contributed by atoms with Gasteiger partial charge >= 0.3 is 0 Å². The molecule has 0 bridgehead atoms. The first-order chi connectivity index (χ1) is 12.0. The lowest BCUT2D eigenvalue weighted by Crippen LogP contribution is -2.12. The number of carbonyl (C=O) groups is 1. The SMILES string of the molecule is Cc1ccc(NC(=O)CCc2ncc(-c3ccccc3F)o2)cc1I. The Morgan fingerprint density at radius 1 is 1.28 bits per heavy atom. The molecule has 0 fully saturated rings. The van der Waals surface area contributed by atoms with Gasteiger partial charge in [-0.1, -0.05) is 18.2 Å². The highest BCUT2D eigenvalue weighted by molar-refractivity contribution is 14.1. The highest BCUT2D eigenvalue weighted by atomic mass is 127. The average molecular weight is 450 g/mol. The van der Waals surface area contributed by atoms with E-state index in [1.165, 1.54) is 17.8 Å².